The normalized spacial score (nSPS) is 18.2. The van der Waals surface area contributed by atoms with Gasteiger partial charge in [-0.05, 0) is 47.7 Å². The average Bonchev–Trinajstić information content (AvgIpc) is 2.78. The molecule has 1 fully saturated rings. The van der Waals surface area contributed by atoms with Crippen LogP contribution >= 0.6 is 27.7 Å². The molecule has 116 valence electrons. The SMILES string of the molecule is CN1C(=O)/C(=C\c2cccc(Br)c2)SC1=Nc1ccccc1F. The van der Waals surface area contributed by atoms with E-state index >= 15 is 0 Å². The van der Waals surface area contributed by atoms with Crippen LogP contribution in [0.1, 0.15) is 5.56 Å². The number of thioether (sulfide) groups is 1. The summed E-state index contributed by atoms with van der Waals surface area (Å²) in [5, 5.41) is 0.460. The minimum atomic E-state index is -0.411. The van der Waals surface area contributed by atoms with E-state index in [4.69, 9.17) is 0 Å². The summed E-state index contributed by atoms with van der Waals surface area (Å²) in [5.74, 6) is -0.559. The lowest BCUT2D eigenvalue weighted by molar-refractivity contribution is -0.121. The van der Waals surface area contributed by atoms with Crippen LogP contribution in [0.5, 0.6) is 0 Å². The molecule has 1 amide bonds. The van der Waals surface area contributed by atoms with Crippen molar-refractivity contribution < 1.29 is 9.18 Å². The van der Waals surface area contributed by atoms with Crippen LogP contribution < -0.4 is 0 Å². The van der Waals surface area contributed by atoms with E-state index in [0.29, 0.717) is 10.1 Å². The van der Waals surface area contributed by atoms with Gasteiger partial charge >= 0.3 is 0 Å². The number of likely N-dealkylation sites (N-methyl/N-ethyl adjacent to an activating group) is 1. The molecule has 1 aliphatic heterocycles. The molecule has 0 N–H and O–H groups in total. The maximum absolute atomic E-state index is 13.7. The lowest BCUT2D eigenvalue weighted by atomic mass is 10.2. The third kappa shape index (κ3) is 3.54. The van der Waals surface area contributed by atoms with Gasteiger partial charge in [-0.15, -0.1) is 0 Å². The Morgan fingerprint density at radius 1 is 1.22 bits per heavy atom. The molecule has 0 atom stereocenters. The zero-order chi connectivity index (χ0) is 16.4. The number of benzene rings is 2. The molecular formula is C17H12BrFN2OS. The molecule has 1 saturated heterocycles. The molecule has 0 bridgehead atoms. The van der Waals surface area contributed by atoms with Crippen LogP contribution in [0.4, 0.5) is 10.1 Å². The maximum atomic E-state index is 13.7. The minimum absolute atomic E-state index is 0.148. The number of carbonyl (C=O) groups is 1. The van der Waals surface area contributed by atoms with Gasteiger partial charge in [0, 0.05) is 11.5 Å². The van der Waals surface area contributed by atoms with Crippen molar-refractivity contribution in [3.05, 3.63) is 69.3 Å². The lowest BCUT2D eigenvalue weighted by Gasteiger charge is -2.07. The van der Waals surface area contributed by atoms with Gasteiger partial charge in [0.05, 0.1) is 4.91 Å². The Morgan fingerprint density at radius 2 is 2.00 bits per heavy atom. The highest BCUT2D eigenvalue weighted by molar-refractivity contribution is 9.10. The highest BCUT2D eigenvalue weighted by Gasteiger charge is 2.30. The van der Waals surface area contributed by atoms with Crippen LogP contribution in [0.15, 0.2) is 62.9 Å². The molecule has 2 aromatic carbocycles. The van der Waals surface area contributed by atoms with Crippen molar-refractivity contribution >= 4 is 50.5 Å². The van der Waals surface area contributed by atoms with Crippen molar-refractivity contribution in [3.8, 4) is 0 Å². The quantitative estimate of drug-likeness (QED) is 0.688. The Kier molecular flexibility index (Phi) is 4.63. The van der Waals surface area contributed by atoms with Crippen molar-refractivity contribution in [1.82, 2.24) is 4.90 Å². The number of hydrogen-bond donors (Lipinski definition) is 0. The summed E-state index contributed by atoms with van der Waals surface area (Å²) in [6, 6.07) is 13.9. The lowest BCUT2D eigenvalue weighted by Crippen LogP contribution is -2.23. The summed E-state index contributed by atoms with van der Waals surface area (Å²) < 4.78 is 14.7. The van der Waals surface area contributed by atoms with E-state index < -0.39 is 5.82 Å². The van der Waals surface area contributed by atoms with Crippen LogP contribution in [0.3, 0.4) is 0 Å². The van der Waals surface area contributed by atoms with Crippen molar-refractivity contribution in [3.63, 3.8) is 0 Å². The number of para-hydroxylation sites is 1. The fraction of sp³-hybridized carbons (Fsp3) is 0.0588. The van der Waals surface area contributed by atoms with Crippen LogP contribution in [-0.2, 0) is 4.79 Å². The van der Waals surface area contributed by atoms with Gasteiger partial charge in [-0.2, -0.15) is 0 Å². The number of hydrogen-bond acceptors (Lipinski definition) is 3. The Balaban J connectivity index is 1.93. The molecule has 0 aromatic heterocycles. The fourth-order valence-electron chi connectivity index (χ4n) is 2.04. The minimum Gasteiger partial charge on any atom is -0.290 e. The third-order valence-corrected chi connectivity index (χ3v) is 4.77. The molecule has 0 aliphatic carbocycles. The van der Waals surface area contributed by atoms with E-state index in [0.717, 1.165) is 10.0 Å². The van der Waals surface area contributed by atoms with Crippen molar-refractivity contribution in [2.75, 3.05) is 7.05 Å². The zero-order valence-electron chi connectivity index (χ0n) is 12.2. The highest BCUT2D eigenvalue weighted by Crippen LogP contribution is 2.33. The van der Waals surface area contributed by atoms with E-state index in [9.17, 15) is 9.18 Å². The van der Waals surface area contributed by atoms with E-state index in [1.165, 1.54) is 22.7 Å². The van der Waals surface area contributed by atoms with E-state index in [2.05, 4.69) is 20.9 Å². The van der Waals surface area contributed by atoms with Crippen molar-refractivity contribution in [2.45, 2.75) is 0 Å². The summed E-state index contributed by atoms with van der Waals surface area (Å²) in [6.07, 6.45) is 1.80. The molecule has 2 aromatic rings. The highest BCUT2D eigenvalue weighted by atomic mass is 79.9. The van der Waals surface area contributed by atoms with Crippen molar-refractivity contribution in [2.24, 2.45) is 4.99 Å². The predicted molar refractivity (Wildman–Crippen MR) is 96.0 cm³/mol. The Labute approximate surface area is 146 Å². The maximum Gasteiger partial charge on any atom is 0.266 e. The molecule has 0 spiro atoms. The standard InChI is InChI=1S/C17H12BrFN2OS/c1-21-16(22)15(10-11-5-4-6-12(18)9-11)23-17(21)20-14-8-3-2-7-13(14)19/h2-10H,1H3/b15-10+,20-17?. The topological polar surface area (TPSA) is 32.7 Å². The summed E-state index contributed by atoms with van der Waals surface area (Å²) >= 11 is 4.64. The molecule has 1 heterocycles. The second kappa shape index (κ2) is 6.68. The first-order chi connectivity index (χ1) is 11.0. The number of halogens is 2. The monoisotopic (exact) mass is 390 g/mol. The fourth-order valence-corrected chi connectivity index (χ4v) is 3.44. The van der Waals surface area contributed by atoms with Gasteiger partial charge in [-0.3, -0.25) is 9.69 Å². The summed E-state index contributed by atoms with van der Waals surface area (Å²) in [5.41, 5.74) is 1.13. The van der Waals surface area contributed by atoms with E-state index in [1.807, 2.05) is 24.3 Å². The Morgan fingerprint density at radius 3 is 2.74 bits per heavy atom. The van der Waals surface area contributed by atoms with Gasteiger partial charge in [-0.25, -0.2) is 9.38 Å². The van der Waals surface area contributed by atoms with Crippen LogP contribution in [-0.4, -0.2) is 23.0 Å². The molecule has 0 radical (unpaired) electrons. The molecule has 3 nitrogen and oxygen atoms in total. The predicted octanol–water partition coefficient (Wildman–Crippen LogP) is 4.82. The van der Waals surface area contributed by atoms with Gasteiger partial charge in [0.25, 0.3) is 5.91 Å². The van der Waals surface area contributed by atoms with Gasteiger partial charge in [0.15, 0.2) is 5.17 Å². The number of carbonyl (C=O) groups excluding carboxylic acids is 1. The van der Waals surface area contributed by atoms with Gasteiger partial charge < -0.3 is 0 Å². The second-order valence-corrected chi connectivity index (χ2v) is 6.80. The molecule has 23 heavy (non-hydrogen) atoms. The first-order valence-electron chi connectivity index (χ1n) is 6.81. The summed E-state index contributed by atoms with van der Waals surface area (Å²) in [6.45, 7) is 0. The summed E-state index contributed by atoms with van der Waals surface area (Å²) in [4.78, 5) is 18.6. The summed E-state index contributed by atoms with van der Waals surface area (Å²) in [7, 11) is 1.64. The Hall–Kier alpha value is -1.92. The first-order valence-corrected chi connectivity index (χ1v) is 8.42. The first kappa shape index (κ1) is 16.0. The largest absolute Gasteiger partial charge is 0.290 e. The molecule has 6 heteroatoms. The third-order valence-electron chi connectivity index (χ3n) is 3.22. The van der Waals surface area contributed by atoms with Crippen molar-refractivity contribution in [1.29, 1.82) is 0 Å². The average molecular weight is 391 g/mol. The second-order valence-electron chi connectivity index (χ2n) is 4.88. The number of rotatable bonds is 2. The van der Waals surface area contributed by atoms with E-state index in [1.54, 1.807) is 31.3 Å². The van der Waals surface area contributed by atoms with Crippen LogP contribution in [0, 0.1) is 5.82 Å². The smallest absolute Gasteiger partial charge is 0.266 e. The molecule has 0 unspecified atom stereocenters. The number of nitrogens with zero attached hydrogens (tertiary/aromatic N) is 2. The van der Waals surface area contributed by atoms with Gasteiger partial charge in [-0.1, -0.05) is 40.2 Å². The van der Waals surface area contributed by atoms with E-state index in [-0.39, 0.29) is 11.6 Å². The molecule has 1 aliphatic rings. The van der Waals surface area contributed by atoms with Gasteiger partial charge in [0.1, 0.15) is 11.5 Å². The molecular weight excluding hydrogens is 379 g/mol. The van der Waals surface area contributed by atoms with Gasteiger partial charge in [0.2, 0.25) is 0 Å². The number of amidine groups is 1. The Bertz CT molecular complexity index is 835. The van der Waals surface area contributed by atoms with Crippen LogP contribution in [0.2, 0.25) is 0 Å². The van der Waals surface area contributed by atoms with Crippen LogP contribution in [0.25, 0.3) is 6.08 Å². The number of aliphatic imine (C=N–C) groups is 1. The zero-order valence-corrected chi connectivity index (χ0v) is 14.6. The number of amides is 1. The molecule has 0 saturated carbocycles. The molecule has 3 rings (SSSR count).